The van der Waals surface area contributed by atoms with Crippen LogP contribution in [0.1, 0.15) is 355 Å². The van der Waals surface area contributed by atoms with Gasteiger partial charge >= 0.3 is 17.9 Å². The van der Waals surface area contributed by atoms with Gasteiger partial charge in [-0.1, -0.05) is 313 Å². The number of esters is 3. The first-order chi connectivity index (χ1) is 38.0. The van der Waals surface area contributed by atoms with Crippen LogP contribution < -0.4 is 0 Å². The van der Waals surface area contributed by atoms with E-state index in [1.807, 2.05) is 0 Å². The van der Waals surface area contributed by atoms with Gasteiger partial charge in [0, 0.05) is 19.3 Å². The van der Waals surface area contributed by atoms with Crippen molar-refractivity contribution in [3.8, 4) is 0 Å². The van der Waals surface area contributed by atoms with E-state index in [4.69, 9.17) is 14.2 Å². The second-order valence-corrected chi connectivity index (χ2v) is 22.7. The molecule has 1 unspecified atom stereocenters. The highest BCUT2D eigenvalue weighted by molar-refractivity contribution is 5.71. The predicted octanol–water partition coefficient (Wildman–Crippen LogP) is 23.1. The fourth-order valence-corrected chi connectivity index (χ4v) is 9.96. The molecule has 6 nitrogen and oxygen atoms in total. The highest BCUT2D eigenvalue weighted by atomic mass is 16.6. The lowest BCUT2D eigenvalue weighted by molar-refractivity contribution is -0.167. The van der Waals surface area contributed by atoms with Crippen LogP contribution >= 0.6 is 0 Å². The van der Waals surface area contributed by atoms with Crippen molar-refractivity contribution in [2.75, 3.05) is 13.2 Å². The van der Waals surface area contributed by atoms with Crippen molar-refractivity contribution < 1.29 is 28.6 Å². The van der Waals surface area contributed by atoms with Gasteiger partial charge < -0.3 is 14.2 Å². The van der Waals surface area contributed by atoms with Crippen LogP contribution in [0.15, 0.2) is 60.8 Å². The Labute approximate surface area is 479 Å². The highest BCUT2D eigenvalue weighted by Gasteiger charge is 2.19. The minimum atomic E-state index is -0.777. The smallest absolute Gasteiger partial charge is 0.306 e. The third-order valence-electron chi connectivity index (χ3n) is 15.0. The van der Waals surface area contributed by atoms with Crippen molar-refractivity contribution in [1.82, 2.24) is 0 Å². The Hall–Kier alpha value is -2.89. The molecule has 0 bridgehead atoms. The number of allylic oxidation sites excluding steroid dienone is 10. The molecule has 0 saturated heterocycles. The molecular formula is C71H128O6. The molecule has 0 aliphatic carbocycles. The summed E-state index contributed by atoms with van der Waals surface area (Å²) in [5.41, 5.74) is 0. The zero-order valence-electron chi connectivity index (χ0n) is 51.5. The molecule has 0 aromatic carbocycles. The number of hydrogen-bond acceptors (Lipinski definition) is 6. The van der Waals surface area contributed by atoms with Gasteiger partial charge in [-0.15, -0.1) is 0 Å². The standard InChI is InChI=1S/C71H128O6/c1-4-7-10-13-16-19-22-25-27-29-31-33-35-36-37-39-40-42-44-46-49-52-55-58-61-64-70(73)76-67-68(66-75-69(72)63-60-57-54-51-48-24-21-18-15-12-9-6-3)77-71(74)65-62-59-56-53-50-47-45-43-41-38-34-32-30-28-26-23-20-17-14-11-8-5-2/h7,10,16,18-19,21,25,27,31,33,68H,4-6,8-9,11-15,17,20,22-24,26,28-30,32,34-67H2,1-3H3/b10-7-,19-16-,21-18-,27-25-,33-31-. The van der Waals surface area contributed by atoms with Crippen LogP contribution in [-0.2, 0) is 28.6 Å². The Balaban J connectivity index is 4.24. The predicted molar refractivity (Wildman–Crippen MR) is 335 cm³/mol. The molecule has 448 valence electrons. The Morgan fingerprint density at radius 1 is 0.273 bits per heavy atom. The average Bonchev–Trinajstić information content (AvgIpc) is 3.43. The van der Waals surface area contributed by atoms with E-state index in [-0.39, 0.29) is 31.1 Å². The van der Waals surface area contributed by atoms with Gasteiger partial charge in [0.15, 0.2) is 6.10 Å². The van der Waals surface area contributed by atoms with Crippen LogP contribution in [0.3, 0.4) is 0 Å². The summed E-state index contributed by atoms with van der Waals surface area (Å²) in [7, 11) is 0. The van der Waals surface area contributed by atoms with Gasteiger partial charge in [-0.2, -0.15) is 0 Å². The van der Waals surface area contributed by atoms with E-state index in [9.17, 15) is 14.4 Å². The van der Waals surface area contributed by atoms with Crippen LogP contribution in [0, 0.1) is 0 Å². The molecule has 6 heteroatoms. The summed E-state index contributed by atoms with van der Waals surface area (Å²) < 4.78 is 17.0. The lowest BCUT2D eigenvalue weighted by Gasteiger charge is -2.18. The fraction of sp³-hybridized carbons (Fsp3) is 0.817. The minimum absolute atomic E-state index is 0.0739. The van der Waals surface area contributed by atoms with Gasteiger partial charge in [-0.25, -0.2) is 0 Å². The molecule has 0 rings (SSSR count). The van der Waals surface area contributed by atoms with E-state index in [0.717, 1.165) is 89.9 Å². The summed E-state index contributed by atoms with van der Waals surface area (Å²) in [6.07, 6.45) is 83.8. The van der Waals surface area contributed by atoms with Crippen molar-refractivity contribution in [3.05, 3.63) is 60.8 Å². The van der Waals surface area contributed by atoms with Crippen LogP contribution in [0.2, 0.25) is 0 Å². The highest BCUT2D eigenvalue weighted by Crippen LogP contribution is 2.18. The maximum atomic E-state index is 12.9. The normalized spacial score (nSPS) is 12.4. The van der Waals surface area contributed by atoms with Gasteiger partial charge in [0.2, 0.25) is 0 Å². The maximum Gasteiger partial charge on any atom is 0.306 e. The Morgan fingerprint density at radius 2 is 0.506 bits per heavy atom. The second-order valence-electron chi connectivity index (χ2n) is 22.7. The quantitative estimate of drug-likeness (QED) is 0.0261. The van der Waals surface area contributed by atoms with Crippen molar-refractivity contribution in [1.29, 1.82) is 0 Å². The molecule has 0 amide bonds. The lowest BCUT2D eigenvalue weighted by Crippen LogP contribution is -2.30. The molecule has 77 heavy (non-hydrogen) atoms. The van der Waals surface area contributed by atoms with E-state index >= 15 is 0 Å². The van der Waals surface area contributed by atoms with Gasteiger partial charge in [0.25, 0.3) is 0 Å². The fourth-order valence-electron chi connectivity index (χ4n) is 9.96. The summed E-state index contributed by atoms with van der Waals surface area (Å²) >= 11 is 0. The van der Waals surface area contributed by atoms with Crippen molar-refractivity contribution in [2.24, 2.45) is 0 Å². The average molecular weight is 1080 g/mol. The van der Waals surface area contributed by atoms with E-state index in [2.05, 4.69) is 81.5 Å². The molecule has 0 N–H and O–H groups in total. The van der Waals surface area contributed by atoms with E-state index in [0.29, 0.717) is 19.3 Å². The third-order valence-corrected chi connectivity index (χ3v) is 15.0. The Kier molecular flexibility index (Phi) is 63.2. The molecule has 0 heterocycles. The van der Waals surface area contributed by atoms with Crippen LogP contribution in [0.4, 0.5) is 0 Å². The zero-order valence-corrected chi connectivity index (χ0v) is 51.5. The summed E-state index contributed by atoms with van der Waals surface area (Å²) in [5, 5.41) is 0. The maximum absolute atomic E-state index is 12.9. The summed E-state index contributed by atoms with van der Waals surface area (Å²) in [4.78, 5) is 38.3. The van der Waals surface area contributed by atoms with Crippen molar-refractivity contribution in [3.63, 3.8) is 0 Å². The minimum Gasteiger partial charge on any atom is -0.462 e. The molecule has 0 radical (unpaired) electrons. The van der Waals surface area contributed by atoms with Gasteiger partial charge in [0.1, 0.15) is 13.2 Å². The summed E-state index contributed by atoms with van der Waals surface area (Å²) in [5.74, 6) is -0.863. The zero-order chi connectivity index (χ0) is 55.7. The van der Waals surface area contributed by atoms with E-state index in [1.165, 1.54) is 225 Å². The van der Waals surface area contributed by atoms with Crippen LogP contribution in [0.5, 0.6) is 0 Å². The van der Waals surface area contributed by atoms with Gasteiger partial charge in [-0.05, 0) is 83.5 Å². The first-order valence-electron chi connectivity index (χ1n) is 33.8. The largest absolute Gasteiger partial charge is 0.462 e. The first kappa shape index (κ1) is 74.1. The van der Waals surface area contributed by atoms with Crippen LogP contribution in [0.25, 0.3) is 0 Å². The van der Waals surface area contributed by atoms with Gasteiger partial charge in [0.05, 0.1) is 0 Å². The summed E-state index contributed by atoms with van der Waals surface area (Å²) in [6.45, 7) is 6.55. The van der Waals surface area contributed by atoms with E-state index < -0.39 is 6.10 Å². The van der Waals surface area contributed by atoms with Crippen molar-refractivity contribution >= 4 is 17.9 Å². The summed E-state index contributed by atoms with van der Waals surface area (Å²) in [6, 6.07) is 0. The lowest BCUT2D eigenvalue weighted by atomic mass is 10.0. The molecule has 0 aliphatic heterocycles. The number of carbonyl (C=O) groups excluding carboxylic acids is 3. The molecule has 0 saturated carbocycles. The molecule has 0 aromatic rings. The number of carbonyl (C=O) groups is 3. The third kappa shape index (κ3) is 63.8. The van der Waals surface area contributed by atoms with Crippen LogP contribution in [-0.4, -0.2) is 37.2 Å². The topological polar surface area (TPSA) is 78.9 Å². The molecule has 0 fully saturated rings. The second kappa shape index (κ2) is 65.6. The number of rotatable bonds is 62. The first-order valence-corrected chi connectivity index (χ1v) is 33.8. The molecule has 1 atom stereocenters. The molecule has 0 aliphatic rings. The number of unbranched alkanes of at least 4 members (excludes halogenated alkanes) is 41. The van der Waals surface area contributed by atoms with E-state index in [1.54, 1.807) is 0 Å². The molecule has 0 spiro atoms. The molecular weight excluding hydrogens is 949 g/mol. The molecule has 0 aromatic heterocycles. The number of ether oxygens (including phenoxy) is 3. The Morgan fingerprint density at radius 3 is 0.831 bits per heavy atom. The number of hydrogen-bond donors (Lipinski definition) is 0. The Bertz CT molecular complexity index is 1380. The monoisotopic (exact) mass is 1080 g/mol. The van der Waals surface area contributed by atoms with Gasteiger partial charge in [-0.3, -0.25) is 14.4 Å². The van der Waals surface area contributed by atoms with Crippen molar-refractivity contribution in [2.45, 2.75) is 361 Å². The SMILES string of the molecule is CC/C=C\C/C=C\C/C=C\C/C=C\CCCCCCCCCCCCCCC(=O)OCC(COC(=O)CCCCCCC/C=C\CCCCC)OC(=O)CCCCCCCCCCCCCCCCCCCCCCCC.